The molecule has 0 radical (unpaired) electrons. The molecule has 1 amide bonds. The molecule has 0 rings (SSSR count). The molecule has 0 spiro atoms. The van der Waals surface area contributed by atoms with Crippen molar-refractivity contribution in [3.8, 4) is 0 Å². The molecule has 0 atom stereocenters. The first-order valence-electron chi connectivity index (χ1n) is 1.61. The number of rotatable bonds is 2. The molecule has 0 aliphatic heterocycles. The molecular formula is C3H5N2O2-. The summed E-state index contributed by atoms with van der Waals surface area (Å²) in [5, 5.41) is 9.27. The number of nitrogens with one attached hydrogen (secondary N) is 2. The molecule has 0 heterocycles. The van der Waals surface area contributed by atoms with Crippen LogP contribution in [0, 0.1) is 5.21 Å². The largest absolute Gasteiger partial charge is 0.770 e. The second-order valence-electron chi connectivity index (χ2n) is 0.795. The van der Waals surface area contributed by atoms with Crippen LogP contribution in [0.1, 0.15) is 0 Å². The Labute approximate surface area is 40.8 Å². The molecule has 2 N–H and O–H groups in total. The molecule has 0 bridgehead atoms. The lowest BCUT2D eigenvalue weighted by atomic mass is 10.6. The van der Waals surface area contributed by atoms with Crippen LogP contribution in [0.15, 0.2) is 12.7 Å². The van der Waals surface area contributed by atoms with Crippen LogP contribution in [-0.4, -0.2) is 5.91 Å². The smallest absolute Gasteiger partial charge is 0.256 e. The molecule has 0 aromatic carbocycles. The van der Waals surface area contributed by atoms with Crippen molar-refractivity contribution in [3.05, 3.63) is 17.9 Å². The van der Waals surface area contributed by atoms with Crippen LogP contribution in [0.25, 0.3) is 0 Å². The Morgan fingerprint density at radius 2 is 2.43 bits per heavy atom. The average molecular weight is 101 g/mol. The average Bonchev–Trinajstić information content (AvgIpc) is 1.68. The highest BCUT2D eigenvalue weighted by Gasteiger charge is 1.81. The van der Waals surface area contributed by atoms with Crippen molar-refractivity contribution in [3.63, 3.8) is 0 Å². The van der Waals surface area contributed by atoms with Crippen LogP contribution >= 0.6 is 0 Å². The minimum absolute atomic E-state index is 0.532. The highest BCUT2D eigenvalue weighted by atomic mass is 16.5. The molecule has 0 aromatic heterocycles. The van der Waals surface area contributed by atoms with Gasteiger partial charge < -0.3 is 10.8 Å². The van der Waals surface area contributed by atoms with Crippen molar-refractivity contribution in [1.29, 1.82) is 0 Å². The highest BCUT2D eigenvalue weighted by molar-refractivity contribution is 5.86. The summed E-state index contributed by atoms with van der Waals surface area (Å²) in [6.07, 6.45) is 0.991. The van der Waals surface area contributed by atoms with E-state index in [2.05, 4.69) is 6.58 Å². The minimum Gasteiger partial charge on any atom is -0.770 e. The Morgan fingerprint density at radius 3 is 2.57 bits per heavy atom. The zero-order valence-corrected chi connectivity index (χ0v) is 3.60. The van der Waals surface area contributed by atoms with E-state index >= 15 is 0 Å². The van der Waals surface area contributed by atoms with Crippen LogP contribution in [0.2, 0.25) is 0 Å². The number of hydrogen-bond acceptors (Lipinski definition) is 3. The summed E-state index contributed by atoms with van der Waals surface area (Å²) >= 11 is 0. The standard InChI is InChI=1S/C3H5N2O2/c1-2-3(6)4-5-7/h2,5H,1H2,(H,4,6)/q-1. The second-order valence-corrected chi connectivity index (χ2v) is 0.795. The van der Waals surface area contributed by atoms with Gasteiger partial charge >= 0.3 is 0 Å². The zero-order chi connectivity index (χ0) is 5.70. The Balaban J connectivity index is 3.17. The Kier molecular flexibility index (Phi) is 2.91. The third-order valence-corrected chi connectivity index (χ3v) is 0.360. The minimum atomic E-state index is -0.532. The van der Waals surface area contributed by atoms with E-state index in [1.165, 1.54) is 5.59 Å². The van der Waals surface area contributed by atoms with E-state index in [4.69, 9.17) is 0 Å². The first kappa shape index (κ1) is 6.13. The summed E-state index contributed by atoms with van der Waals surface area (Å²) in [4.78, 5) is 9.92. The fourth-order valence-electron chi connectivity index (χ4n) is 0.101. The molecular weight excluding hydrogens is 96.0 g/mol. The van der Waals surface area contributed by atoms with Gasteiger partial charge in [-0.15, -0.1) is 0 Å². The lowest BCUT2D eigenvalue weighted by Gasteiger charge is -2.04. The predicted molar refractivity (Wildman–Crippen MR) is 24.8 cm³/mol. The molecule has 7 heavy (non-hydrogen) atoms. The summed E-state index contributed by atoms with van der Waals surface area (Å²) in [5.41, 5.74) is 2.93. The Bertz CT molecular complexity index is 81.0. The highest BCUT2D eigenvalue weighted by Crippen LogP contribution is 1.57. The summed E-state index contributed by atoms with van der Waals surface area (Å²) in [5.74, 6) is -0.532. The molecule has 4 heteroatoms. The topological polar surface area (TPSA) is 64.2 Å². The van der Waals surface area contributed by atoms with Gasteiger partial charge in [0.2, 0.25) is 0 Å². The van der Waals surface area contributed by atoms with Gasteiger partial charge in [0.05, 0.1) is 0 Å². The summed E-state index contributed by atoms with van der Waals surface area (Å²) in [7, 11) is 0. The van der Waals surface area contributed by atoms with E-state index in [1.54, 1.807) is 5.43 Å². The van der Waals surface area contributed by atoms with Gasteiger partial charge in [-0.1, -0.05) is 6.58 Å². The normalized spacial score (nSPS) is 7.57. The van der Waals surface area contributed by atoms with Gasteiger partial charge in [-0.3, -0.25) is 10.2 Å². The summed E-state index contributed by atoms with van der Waals surface area (Å²) in [6, 6.07) is 0. The van der Waals surface area contributed by atoms with Crippen molar-refractivity contribution < 1.29 is 4.79 Å². The monoisotopic (exact) mass is 101 g/mol. The van der Waals surface area contributed by atoms with E-state index in [0.717, 1.165) is 6.08 Å². The van der Waals surface area contributed by atoms with E-state index in [9.17, 15) is 10.0 Å². The van der Waals surface area contributed by atoms with Crippen LogP contribution in [0.5, 0.6) is 0 Å². The lowest BCUT2D eigenvalue weighted by molar-refractivity contribution is -0.117. The quantitative estimate of drug-likeness (QED) is 0.356. The summed E-state index contributed by atoms with van der Waals surface area (Å²) < 4.78 is 0. The van der Waals surface area contributed by atoms with Crippen molar-refractivity contribution in [2.75, 3.05) is 0 Å². The fraction of sp³-hybridized carbons (Fsp3) is 0. The van der Waals surface area contributed by atoms with Crippen LogP contribution in [0.3, 0.4) is 0 Å². The van der Waals surface area contributed by atoms with Crippen molar-refractivity contribution >= 4 is 5.91 Å². The number of amides is 1. The molecule has 0 saturated carbocycles. The summed E-state index contributed by atoms with van der Waals surface area (Å²) in [6.45, 7) is 3.09. The first-order valence-corrected chi connectivity index (χ1v) is 1.61. The number of carbonyl (C=O) groups is 1. The van der Waals surface area contributed by atoms with E-state index in [0.29, 0.717) is 0 Å². The van der Waals surface area contributed by atoms with Crippen LogP contribution in [-0.2, 0) is 4.79 Å². The fourth-order valence-corrected chi connectivity index (χ4v) is 0.101. The SMILES string of the molecule is C=CC(=O)NN[O-]. The van der Waals surface area contributed by atoms with Crippen LogP contribution in [0.4, 0.5) is 0 Å². The van der Waals surface area contributed by atoms with Gasteiger partial charge in [0.1, 0.15) is 0 Å². The number of hydrogen-bond donors (Lipinski definition) is 2. The predicted octanol–water partition coefficient (Wildman–Crippen LogP) is -0.709. The molecule has 0 aliphatic carbocycles. The molecule has 0 saturated heterocycles. The van der Waals surface area contributed by atoms with E-state index in [1.807, 2.05) is 0 Å². The number of carbonyl (C=O) groups excluding carboxylic acids is 1. The molecule has 0 aliphatic rings. The molecule has 40 valence electrons. The van der Waals surface area contributed by atoms with Gasteiger partial charge in [-0.2, -0.15) is 0 Å². The third kappa shape index (κ3) is 2.95. The molecule has 0 fully saturated rings. The van der Waals surface area contributed by atoms with Gasteiger partial charge in [0.15, 0.2) is 0 Å². The van der Waals surface area contributed by atoms with Crippen LogP contribution < -0.4 is 11.0 Å². The molecule has 0 aromatic rings. The van der Waals surface area contributed by atoms with Gasteiger partial charge in [-0.05, 0) is 6.08 Å². The van der Waals surface area contributed by atoms with Gasteiger partial charge in [-0.25, -0.2) is 0 Å². The zero-order valence-electron chi connectivity index (χ0n) is 3.60. The molecule has 0 unspecified atom stereocenters. The van der Waals surface area contributed by atoms with Gasteiger partial charge in [0, 0.05) is 0 Å². The first-order chi connectivity index (χ1) is 3.31. The third-order valence-electron chi connectivity index (χ3n) is 0.360. The van der Waals surface area contributed by atoms with Gasteiger partial charge in [0.25, 0.3) is 5.91 Å². The lowest BCUT2D eigenvalue weighted by Crippen LogP contribution is -2.30. The molecule has 4 nitrogen and oxygen atoms in total. The maximum atomic E-state index is 9.92. The Hall–Kier alpha value is -0.870. The van der Waals surface area contributed by atoms with E-state index < -0.39 is 5.91 Å². The number of hydrazine groups is 1. The maximum absolute atomic E-state index is 9.92. The Morgan fingerprint density at radius 1 is 1.86 bits per heavy atom. The maximum Gasteiger partial charge on any atom is 0.256 e. The van der Waals surface area contributed by atoms with Crippen molar-refractivity contribution in [2.24, 2.45) is 0 Å². The second kappa shape index (κ2) is 3.32. The van der Waals surface area contributed by atoms with Crippen molar-refractivity contribution in [2.45, 2.75) is 0 Å². The van der Waals surface area contributed by atoms with E-state index in [-0.39, 0.29) is 0 Å². The van der Waals surface area contributed by atoms with Crippen molar-refractivity contribution in [1.82, 2.24) is 11.0 Å².